The van der Waals surface area contributed by atoms with Gasteiger partial charge in [0.25, 0.3) is 5.91 Å². The molecule has 0 spiro atoms. The molecule has 1 fully saturated rings. The monoisotopic (exact) mass is 354 g/mol. The molecule has 120 valence electrons. The number of methoxy groups -OCH3 is 1. The highest BCUT2D eigenvalue weighted by atomic mass is 32.2. The van der Waals surface area contributed by atoms with Crippen molar-refractivity contribution in [1.82, 2.24) is 5.01 Å². The Morgan fingerprint density at radius 3 is 2.46 bits per heavy atom. The summed E-state index contributed by atoms with van der Waals surface area (Å²) in [5, 5.41) is 5.47. The number of thioether (sulfide) groups is 1. The van der Waals surface area contributed by atoms with Gasteiger partial charge < -0.3 is 4.74 Å². The third-order valence-corrected chi connectivity index (χ3v) is 4.59. The minimum atomic E-state index is -0.210. The van der Waals surface area contributed by atoms with Crippen LogP contribution in [0.3, 0.4) is 0 Å². The maximum Gasteiger partial charge on any atom is 0.286 e. The van der Waals surface area contributed by atoms with Crippen LogP contribution < -0.4 is 4.74 Å². The number of hydrogen-bond acceptors (Lipinski definition) is 5. The summed E-state index contributed by atoms with van der Waals surface area (Å²) in [5.41, 5.74) is 1.81. The lowest BCUT2D eigenvalue weighted by Gasteiger charge is -2.06. The molecular formula is C18H14N2O2S2. The molecule has 3 rings (SSSR count). The van der Waals surface area contributed by atoms with Crippen molar-refractivity contribution in [3.63, 3.8) is 0 Å². The fourth-order valence-electron chi connectivity index (χ4n) is 2.07. The molecule has 0 atom stereocenters. The Kier molecular flexibility index (Phi) is 5.08. The molecule has 1 amide bonds. The van der Waals surface area contributed by atoms with Gasteiger partial charge in [-0.25, -0.2) is 0 Å². The number of carbonyl (C=O) groups is 1. The molecule has 0 bridgehead atoms. The van der Waals surface area contributed by atoms with E-state index in [1.54, 1.807) is 13.3 Å². The van der Waals surface area contributed by atoms with Gasteiger partial charge in [0.05, 0.1) is 18.2 Å². The molecule has 0 unspecified atom stereocenters. The van der Waals surface area contributed by atoms with Crippen LogP contribution in [0, 0.1) is 0 Å². The van der Waals surface area contributed by atoms with Gasteiger partial charge in [-0.3, -0.25) is 4.79 Å². The van der Waals surface area contributed by atoms with Crippen LogP contribution in [0.2, 0.25) is 0 Å². The molecule has 0 radical (unpaired) electrons. The predicted octanol–water partition coefficient (Wildman–Crippen LogP) is 3.93. The van der Waals surface area contributed by atoms with E-state index in [4.69, 9.17) is 17.0 Å². The molecule has 2 aromatic carbocycles. The number of hydrogen-bond donors (Lipinski definition) is 0. The zero-order valence-electron chi connectivity index (χ0n) is 12.9. The van der Waals surface area contributed by atoms with Crippen LogP contribution in [0.4, 0.5) is 0 Å². The quantitative estimate of drug-likeness (QED) is 0.474. The van der Waals surface area contributed by atoms with E-state index in [0.717, 1.165) is 16.9 Å². The Hall–Kier alpha value is -2.44. The zero-order chi connectivity index (χ0) is 16.9. The number of carbonyl (C=O) groups excluding carboxylic acids is 1. The Balaban J connectivity index is 1.76. The average Bonchev–Trinajstić information content (AvgIpc) is 2.88. The molecule has 0 saturated carbocycles. The van der Waals surface area contributed by atoms with Gasteiger partial charge in [0.2, 0.25) is 0 Å². The van der Waals surface area contributed by atoms with Gasteiger partial charge in [-0.15, -0.1) is 0 Å². The second-order valence-corrected chi connectivity index (χ2v) is 6.60. The van der Waals surface area contributed by atoms with Crippen molar-refractivity contribution in [3.8, 4) is 5.75 Å². The molecule has 2 aromatic rings. The molecule has 4 nitrogen and oxygen atoms in total. The minimum absolute atomic E-state index is 0.210. The molecule has 0 N–H and O–H groups in total. The van der Waals surface area contributed by atoms with Crippen LogP contribution in [0.25, 0.3) is 6.08 Å². The van der Waals surface area contributed by atoms with Gasteiger partial charge in [-0.2, -0.15) is 10.1 Å². The van der Waals surface area contributed by atoms with Crippen LogP contribution >= 0.6 is 24.0 Å². The predicted molar refractivity (Wildman–Crippen MR) is 102 cm³/mol. The summed E-state index contributed by atoms with van der Waals surface area (Å²) in [6.07, 6.45) is 3.43. The SMILES string of the molecule is COc1ccc(C=NN2C(=O)C(=Cc3ccccc3)SC2=S)cc1. The lowest BCUT2D eigenvalue weighted by Crippen LogP contribution is -2.22. The Bertz CT molecular complexity index is 815. The van der Waals surface area contributed by atoms with Crippen molar-refractivity contribution in [3.05, 3.63) is 70.6 Å². The van der Waals surface area contributed by atoms with Crippen molar-refractivity contribution >= 4 is 46.5 Å². The standard InChI is InChI=1S/C18H14N2O2S2/c1-22-15-9-7-14(8-10-15)12-19-20-17(21)16(24-18(20)23)11-13-5-3-2-4-6-13/h2-12H,1H3. The van der Waals surface area contributed by atoms with E-state index < -0.39 is 0 Å². The van der Waals surface area contributed by atoms with Crippen molar-refractivity contribution < 1.29 is 9.53 Å². The lowest BCUT2D eigenvalue weighted by molar-refractivity contribution is -0.122. The van der Waals surface area contributed by atoms with Crippen LogP contribution in [0.15, 0.2) is 64.6 Å². The van der Waals surface area contributed by atoms with Gasteiger partial charge >= 0.3 is 0 Å². The Labute approximate surface area is 149 Å². The first-order valence-electron chi connectivity index (χ1n) is 7.18. The van der Waals surface area contributed by atoms with Crippen LogP contribution in [-0.2, 0) is 4.79 Å². The average molecular weight is 354 g/mol. The van der Waals surface area contributed by atoms with E-state index in [1.165, 1.54) is 16.8 Å². The van der Waals surface area contributed by atoms with Crippen LogP contribution in [-0.4, -0.2) is 28.6 Å². The first-order valence-corrected chi connectivity index (χ1v) is 8.41. The highest BCUT2D eigenvalue weighted by molar-refractivity contribution is 8.26. The third kappa shape index (κ3) is 3.72. The maximum atomic E-state index is 12.5. The number of rotatable bonds is 4. The number of nitrogens with zero attached hydrogens (tertiary/aromatic N) is 2. The van der Waals surface area contributed by atoms with Gasteiger partial charge in [0, 0.05) is 0 Å². The summed E-state index contributed by atoms with van der Waals surface area (Å²) in [4.78, 5) is 13.0. The molecule has 1 aliphatic rings. The fourth-order valence-corrected chi connectivity index (χ4v) is 3.25. The van der Waals surface area contributed by atoms with Gasteiger partial charge in [-0.05, 0) is 53.7 Å². The van der Waals surface area contributed by atoms with Crippen molar-refractivity contribution in [2.75, 3.05) is 7.11 Å². The molecule has 24 heavy (non-hydrogen) atoms. The summed E-state index contributed by atoms with van der Waals surface area (Å²) in [5.74, 6) is 0.558. The molecule has 6 heteroatoms. The Morgan fingerprint density at radius 1 is 1.08 bits per heavy atom. The van der Waals surface area contributed by atoms with Crippen LogP contribution in [0.1, 0.15) is 11.1 Å². The molecule has 1 heterocycles. The molecule has 0 aromatic heterocycles. The summed E-state index contributed by atoms with van der Waals surface area (Å²) in [6.45, 7) is 0. The summed E-state index contributed by atoms with van der Waals surface area (Å²) >= 11 is 6.51. The third-order valence-electron chi connectivity index (χ3n) is 3.31. The van der Waals surface area contributed by atoms with Gasteiger partial charge in [0.15, 0.2) is 4.32 Å². The van der Waals surface area contributed by atoms with Gasteiger partial charge in [-0.1, -0.05) is 42.1 Å². The topological polar surface area (TPSA) is 41.9 Å². The molecular weight excluding hydrogens is 340 g/mol. The van der Waals surface area contributed by atoms with E-state index in [9.17, 15) is 4.79 Å². The molecule has 0 aliphatic carbocycles. The van der Waals surface area contributed by atoms with E-state index >= 15 is 0 Å². The van der Waals surface area contributed by atoms with Crippen LogP contribution in [0.5, 0.6) is 5.75 Å². The van der Waals surface area contributed by atoms with Crippen molar-refractivity contribution in [1.29, 1.82) is 0 Å². The first-order chi connectivity index (χ1) is 11.7. The van der Waals surface area contributed by atoms with E-state index in [2.05, 4.69) is 5.10 Å². The van der Waals surface area contributed by atoms with Crippen molar-refractivity contribution in [2.45, 2.75) is 0 Å². The van der Waals surface area contributed by atoms with E-state index in [1.807, 2.05) is 60.7 Å². The Morgan fingerprint density at radius 2 is 1.79 bits per heavy atom. The normalized spacial score (nSPS) is 16.4. The second kappa shape index (κ2) is 7.42. The number of benzene rings is 2. The summed E-state index contributed by atoms with van der Waals surface area (Å²) in [7, 11) is 1.61. The minimum Gasteiger partial charge on any atom is -0.497 e. The maximum absolute atomic E-state index is 12.5. The van der Waals surface area contributed by atoms with Gasteiger partial charge in [0.1, 0.15) is 5.75 Å². The number of thiocarbonyl (C=S) groups is 1. The fraction of sp³-hybridized carbons (Fsp3) is 0.0556. The summed E-state index contributed by atoms with van der Waals surface area (Å²) < 4.78 is 5.53. The second-order valence-electron chi connectivity index (χ2n) is 4.92. The highest BCUT2D eigenvalue weighted by Gasteiger charge is 2.31. The van der Waals surface area contributed by atoms with E-state index in [-0.39, 0.29) is 5.91 Å². The lowest BCUT2D eigenvalue weighted by atomic mass is 10.2. The zero-order valence-corrected chi connectivity index (χ0v) is 14.5. The van der Waals surface area contributed by atoms with Crippen molar-refractivity contribution in [2.24, 2.45) is 5.10 Å². The molecule has 1 aliphatic heterocycles. The number of hydrazone groups is 1. The number of ether oxygens (including phenoxy) is 1. The highest BCUT2D eigenvalue weighted by Crippen LogP contribution is 2.32. The van der Waals surface area contributed by atoms with E-state index in [0.29, 0.717) is 9.23 Å². The summed E-state index contributed by atoms with van der Waals surface area (Å²) in [6, 6.07) is 17.0. The molecule has 1 saturated heterocycles. The smallest absolute Gasteiger partial charge is 0.286 e. The number of amides is 1. The largest absolute Gasteiger partial charge is 0.497 e. The first kappa shape index (κ1) is 16.4.